The van der Waals surface area contributed by atoms with Crippen molar-refractivity contribution in [1.82, 2.24) is 9.78 Å². The van der Waals surface area contributed by atoms with Crippen molar-refractivity contribution in [3.8, 4) is 0 Å². The van der Waals surface area contributed by atoms with E-state index in [4.69, 9.17) is 5.73 Å². The molecule has 2 unspecified atom stereocenters. The van der Waals surface area contributed by atoms with Crippen LogP contribution in [0, 0.1) is 0 Å². The van der Waals surface area contributed by atoms with Gasteiger partial charge in [0.1, 0.15) is 0 Å². The van der Waals surface area contributed by atoms with Gasteiger partial charge < -0.3 is 10.8 Å². The van der Waals surface area contributed by atoms with Gasteiger partial charge >= 0.3 is 0 Å². The maximum Gasteiger partial charge on any atom is 0.0687 e. The molecule has 0 aromatic carbocycles. The fourth-order valence-corrected chi connectivity index (χ4v) is 1.69. The highest BCUT2D eigenvalue weighted by Crippen LogP contribution is 2.16. The molecule has 3 N–H and O–H groups in total. The Morgan fingerprint density at radius 3 is 2.88 bits per heavy atom. The second-order valence-electron chi connectivity index (χ2n) is 4.76. The summed E-state index contributed by atoms with van der Waals surface area (Å²) >= 11 is 0. The molecular weight excluding hydrogens is 202 g/mol. The van der Waals surface area contributed by atoms with E-state index in [1.54, 1.807) is 0 Å². The van der Waals surface area contributed by atoms with Crippen LogP contribution in [0.2, 0.25) is 0 Å². The van der Waals surface area contributed by atoms with E-state index in [1.165, 1.54) is 0 Å². The minimum Gasteiger partial charge on any atom is -0.390 e. The van der Waals surface area contributed by atoms with Gasteiger partial charge in [0.2, 0.25) is 0 Å². The van der Waals surface area contributed by atoms with E-state index in [0.717, 1.165) is 12.1 Å². The first-order valence-electron chi connectivity index (χ1n) is 5.95. The van der Waals surface area contributed by atoms with E-state index >= 15 is 0 Å². The van der Waals surface area contributed by atoms with Crippen LogP contribution in [0.1, 0.15) is 45.3 Å². The fraction of sp³-hybridized carbons (Fsp3) is 0.750. The van der Waals surface area contributed by atoms with Crippen molar-refractivity contribution in [2.75, 3.05) is 6.54 Å². The smallest absolute Gasteiger partial charge is 0.0687 e. The number of rotatable bonds is 6. The van der Waals surface area contributed by atoms with Crippen molar-refractivity contribution < 1.29 is 5.11 Å². The van der Waals surface area contributed by atoms with Gasteiger partial charge in [-0.1, -0.05) is 6.92 Å². The molecule has 0 radical (unpaired) electrons. The van der Waals surface area contributed by atoms with Crippen LogP contribution in [0.4, 0.5) is 0 Å². The topological polar surface area (TPSA) is 64.1 Å². The van der Waals surface area contributed by atoms with E-state index in [0.29, 0.717) is 25.4 Å². The first-order chi connectivity index (χ1) is 7.48. The summed E-state index contributed by atoms with van der Waals surface area (Å²) < 4.78 is 1.95. The van der Waals surface area contributed by atoms with Gasteiger partial charge in [0.15, 0.2) is 0 Å². The number of hydrogen-bond acceptors (Lipinski definition) is 3. The van der Waals surface area contributed by atoms with E-state index in [9.17, 15) is 5.11 Å². The number of hydrogen-bond donors (Lipinski definition) is 2. The Balaban J connectivity index is 2.65. The molecule has 1 heterocycles. The summed E-state index contributed by atoms with van der Waals surface area (Å²) in [7, 11) is 0. The van der Waals surface area contributed by atoms with Gasteiger partial charge in [0, 0.05) is 18.7 Å². The van der Waals surface area contributed by atoms with Crippen molar-refractivity contribution in [2.24, 2.45) is 5.73 Å². The molecule has 16 heavy (non-hydrogen) atoms. The van der Waals surface area contributed by atoms with Crippen LogP contribution >= 0.6 is 0 Å². The standard InChI is InChI=1S/C12H23N3O/c1-4-10(2)15-8-5-11(14-15)9-12(3,16)6-7-13/h5,8,10,16H,4,6-7,9,13H2,1-3H3. The highest BCUT2D eigenvalue weighted by Gasteiger charge is 2.21. The van der Waals surface area contributed by atoms with Crippen LogP contribution in [0.15, 0.2) is 12.3 Å². The maximum absolute atomic E-state index is 10.0. The van der Waals surface area contributed by atoms with Gasteiger partial charge in [-0.15, -0.1) is 0 Å². The zero-order valence-corrected chi connectivity index (χ0v) is 10.5. The highest BCUT2D eigenvalue weighted by molar-refractivity contribution is 5.03. The second kappa shape index (κ2) is 5.46. The van der Waals surface area contributed by atoms with E-state index in [-0.39, 0.29) is 0 Å². The van der Waals surface area contributed by atoms with Crippen molar-refractivity contribution in [3.05, 3.63) is 18.0 Å². The van der Waals surface area contributed by atoms with Crippen LogP contribution in [0.5, 0.6) is 0 Å². The molecule has 0 aliphatic rings. The van der Waals surface area contributed by atoms with Crippen molar-refractivity contribution in [3.63, 3.8) is 0 Å². The number of aliphatic hydroxyl groups is 1. The Labute approximate surface area is 97.5 Å². The first-order valence-corrected chi connectivity index (χ1v) is 5.95. The number of nitrogens with two attached hydrogens (primary N) is 1. The molecule has 0 saturated carbocycles. The molecule has 0 aliphatic heterocycles. The summed E-state index contributed by atoms with van der Waals surface area (Å²) in [5.74, 6) is 0. The van der Waals surface area contributed by atoms with E-state index < -0.39 is 5.60 Å². The molecule has 2 atom stereocenters. The lowest BCUT2D eigenvalue weighted by Gasteiger charge is -2.21. The van der Waals surface area contributed by atoms with Crippen LogP contribution in [-0.4, -0.2) is 27.0 Å². The van der Waals surface area contributed by atoms with Gasteiger partial charge in [0.25, 0.3) is 0 Å². The summed E-state index contributed by atoms with van der Waals surface area (Å²) in [6, 6.07) is 2.38. The van der Waals surface area contributed by atoms with Crippen molar-refractivity contribution in [1.29, 1.82) is 0 Å². The van der Waals surface area contributed by atoms with Gasteiger partial charge in [-0.2, -0.15) is 5.10 Å². The largest absolute Gasteiger partial charge is 0.390 e. The maximum atomic E-state index is 10.0. The Kier molecular flexibility index (Phi) is 4.50. The SMILES string of the molecule is CCC(C)n1ccc(CC(C)(O)CCN)n1. The van der Waals surface area contributed by atoms with Crippen LogP contribution in [-0.2, 0) is 6.42 Å². The van der Waals surface area contributed by atoms with Crippen molar-refractivity contribution >= 4 is 0 Å². The van der Waals surface area contributed by atoms with Gasteiger partial charge in [-0.05, 0) is 39.3 Å². The minimum atomic E-state index is -0.747. The van der Waals surface area contributed by atoms with E-state index in [2.05, 4.69) is 18.9 Å². The molecule has 0 spiro atoms. The third-order valence-corrected chi connectivity index (χ3v) is 2.95. The van der Waals surface area contributed by atoms with Gasteiger partial charge in [-0.3, -0.25) is 4.68 Å². The zero-order valence-electron chi connectivity index (χ0n) is 10.5. The summed E-state index contributed by atoms with van der Waals surface area (Å²) in [6.07, 6.45) is 4.19. The number of nitrogens with zero attached hydrogens (tertiary/aromatic N) is 2. The van der Waals surface area contributed by atoms with Crippen LogP contribution < -0.4 is 5.73 Å². The Morgan fingerprint density at radius 2 is 2.31 bits per heavy atom. The molecule has 0 fully saturated rings. The lowest BCUT2D eigenvalue weighted by Crippen LogP contribution is -2.30. The molecule has 92 valence electrons. The third kappa shape index (κ3) is 3.61. The fourth-order valence-electron chi connectivity index (χ4n) is 1.69. The molecule has 1 aromatic heterocycles. The monoisotopic (exact) mass is 225 g/mol. The Bertz CT molecular complexity index is 320. The molecule has 4 heteroatoms. The molecule has 0 amide bonds. The predicted molar refractivity (Wildman–Crippen MR) is 65.2 cm³/mol. The summed E-state index contributed by atoms with van der Waals surface area (Å²) in [6.45, 7) is 6.58. The normalized spacial score (nSPS) is 17.1. The first kappa shape index (κ1) is 13.2. The quantitative estimate of drug-likeness (QED) is 0.771. The second-order valence-corrected chi connectivity index (χ2v) is 4.76. The lowest BCUT2D eigenvalue weighted by molar-refractivity contribution is 0.0527. The molecule has 1 rings (SSSR count). The van der Waals surface area contributed by atoms with Gasteiger partial charge in [-0.25, -0.2) is 0 Å². The van der Waals surface area contributed by atoms with Crippen molar-refractivity contribution in [2.45, 2.75) is 51.7 Å². The minimum absolute atomic E-state index is 0.410. The highest BCUT2D eigenvalue weighted by atomic mass is 16.3. The average molecular weight is 225 g/mol. The summed E-state index contributed by atoms with van der Waals surface area (Å²) in [5, 5.41) is 14.5. The van der Waals surface area contributed by atoms with Gasteiger partial charge in [0.05, 0.1) is 11.3 Å². The lowest BCUT2D eigenvalue weighted by atomic mass is 9.96. The van der Waals surface area contributed by atoms with Crippen LogP contribution in [0.3, 0.4) is 0 Å². The summed E-state index contributed by atoms with van der Waals surface area (Å²) in [5.41, 5.74) is 5.64. The molecule has 0 bridgehead atoms. The molecule has 0 saturated heterocycles. The zero-order chi connectivity index (χ0) is 12.2. The number of aromatic nitrogens is 2. The molecule has 4 nitrogen and oxygen atoms in total. The van der Waals surface area contributed by atoms with E-state index in [1.807, 2.05) is 23.9 Å². The molecule has 0 aliphatic carbocycles. The molecular formula is C12H23N3O. The third-order valence-electron chi connectivity index (χ3n) is 2.95. The molecule has 1 aromatic rings. The Morgan fingerprint density at radius 1 is 1.62 bits per heavy atom. The summed E-state index contributed by atoms with van der Waals surface area (Å²) in [4.78, 5) is 0. The average Bonchev–Trinajstić information content (AvgIpc) is 2.64. The Hall–Kier alpha value is -0.870. The predicted octanol–water partition coefficient (Wildman–Crippen LogP) is 1.50. The van der Waals surface area contributed by atoms with Crippen LogP contribution in [0.25, 0.3) is 0 Å².